The minimum Gasteiger partial charge on any atom is -0.368 e. The molecule has 0 atom stereocenters. The van der Waals surface area contributed by atoms with E-state index in [4.69, 9.17) is 0 Å². The molecule has 0 saturated carbocycles. The number of benzene rings is 2. The van der Waals surface area contributed by atoms with Gasteiger partial charge >= 0.3 is 0 Å². The van der Waals surface area contributed by atoms with Crippen LogP contribution in [-0.2, 0) is 17.1 Å². The zero-order valence-corrected chi connectivity index (χ0v) is 18.7. The minimum absolute atomic E-state index is 0.172. The van der Waals surface area contributed by atoms with Crippen LogP contribution in [0.25, 0.3) is 10.9 Å². The molecule has 6 heteroatoms. The number of amides is 1. The molecule has 1 aliphatic heterocycles. The number of pyridine rings is 1. The number of hydrogen-bond donors (Lipinski definition) is 0. The molecular formula is C26H26N4OS. The number of carbonyl (C=O) groups is 1. The van der Waals surface area contributed by atoms with Crippen molar-refractivity contribution in [1.29, 1.82) is 0 Å². The second kappa shape index (κ2) is 9.49. The summed E-state index contributed by atoms with van der Waals surface area (Å²) in [6.07, 6.45) is 3.85. The highest BCUT2D eigenvalue weighted by Gasteiger charge is 2.22. The van der Waals surface area contributed by atoms with Gasteiger partial charge in [-0.25, -0.2) is 4.98 Å². The predicted molar refractivity (Wildman–Crippen MR) is 131 cm³/mol. The largest absolute Gasteiger partial charge is 0.368 e. The summed E-state index contributed by atoms with van der Waals surface area (Å²) in [5.41, 5.74) is 3.57. The normalized spacial score (nSPS) is 14.1. The summed E-state index contributed by atoms with van der Waals surface area (Å²) in [7, 11) is 0. The fourth-order valence-electron chi connectivity index (χ4n) is 4.17. The van der Waals surface area contributed by atoms with Crippen LogP contribution in [0, 0.1) is 0 Å². The number of nitrogens with zero attached hydrogens (tertiary/aromatic N) is 4. The fraction of sp³-hybridized carbons (Fsp3) is 0.231. The van der Waals surface area contributed by atoms with E-state index >= 15 is 0 Å². The second-order valence-electron chi connectivity index (χ2n) is 7.97. The van der Waals surface area contributed by atoms with Crippen LogP contribution < -0.4 is 4.90 Å². The molecule has 3 heterocycles. The van der Waals surface area contributed by atoms with Crippen LogP contribution in [0.3, 0.4) is 0 Å². The highest BCUT2D eigenvalue weighted by Crippen LogP contribution is 2.29. The van der Waals surface area contributed by atoms with Crippen molar-refractivity contribution in [2.45, 2.75) is 17.3 Å². The van der Waals surface area contributed by atoms with Gasteiger partial charge in [-0.05, 0) is 29.8 Å². The number of carbonyl (C=O) groups excluding carboxylic acids is 1. The number of hydrogen-bond acceptors (Lipinski definition) is 4. The van der Waals surface area contributed by atoms with Crippen LogP contribution in [0.5, 0.6) is 0 Å². The fourth-order valence-corrected chi connectivity index (χ4v) is 5.13. The zero-order valence-electron chi connectivity index (χ0n) is 17.9. The Morgan fingerprint density at radius 3 is 2.34 bits per heavy atom. The summed E-state index contributed by atoms with van der Waals surface area (Å²) >= 11 is 1.74. The minimum atomic E-state index is 0.172. The van der Waals surface area contributed by atoms with Gasteiger partial charge in [0.1, 0.15) is 11.6 Å². The summed E-state index contributed by atoms with van der Waals surface area (Å²) in [6.45, 7) is 3.61. The average Bonchev–Trinajstić information content (AvgIpc) is 3.27. The number of para-hydroxylation sites is 1. The molecular weight excluding hydrogens is 416 g/mol. The van der Waals surface area contributed by atoms with Crippen molar-refractivity contribution < 1.29 is 4.79 Å². The van der Waals surface area contributed by atoms with Crippen LogP contribution in [-0.4, -0.2) is 46.5 Å². The lowest BCUT2D eigenvalue weighted by Crippen LogP contribution is -2.49. The maximum absolute atomic E-state index is 13.0. The number of fused-ring (bicyclic) bond motifs is 1. The van der Waals surface area contributed by atoms with Crippen molar-refractivity contribution in [3.05, 3.63) is 90.8 Å². The molecule has 32 heavy (non-hydrogen) atoms. The molecule has 162 valence electrons. The molecule has 1 fully saturated rings. The third-order valence-corrected chi connectivity index (χ3v) is 7.02. The second-order valence-corrected chi connectivity index (χ2v) is 8.93. The van der Waals surface area contributed by atoms with Crippen LogP contribution in [0.2, 0.25) is 0 Å². The van der Waals surface area contributed by atoms with Gasteiger partial charge in [0.05, 0.1) is 5.52 Å². The van der Waals surface area contributed by atoms with E-state index in [9.17, 15) is 4.79 Å². The molecule has 1 saturated heterocycles. The topological polar surface area (TPSA) is 41.4 Å². The number of anilines is 1. The zero-order chi connectivity index (χ0) is 21.8. The summed E-state index contributed by atoms with van der Waals surface area (Å²) in [5, 5.41) is 2.11. The first-order valence-corrected chi connectivity index (χ1v) is 11.9. The third-order valence-electron chi connectivity index (χ3n) is 5.94. The Morgan fingerprint density at radius 2 is 1.59 bits per heavy atom. The van der Waals surface area contributed by atoms with Crippen LogP contribution in [0.1, 0.15) is 5.56 Å². The monoisotopic (exact) mass is 442 g/mol. The van der Waals surface area contributed by atoms with Crippen molar-refractivity contribution in [1.82, 2.24) is 14.5 Å². The van der Waals surface area contributed by atoms with Crippen LogP contribution >= 0.6 is 11.8 Å². The van der Waals surface area contributed by atoms with E-state index in [1.807, 2.05) is 35.5 Å². The van der Waals surface area contributed by atoms with Gasteiger partial charge in [0, 0.05) is 55.4 Å². The number of piperazine rings is 1. The molecule has 1 amide bonds. The Hall–Kier alpha value is -3.25. The number of rotatable bonds is 6. The molecule has 0 N–H and O–H groups in total. The van der Waals surface area contributed by atoms with E-state index < -0.39 is 0 Å². The SMILES string of the molecule is O=C(Cn1ccc2c(SCc3ccccc3)nccc21)N1CCN(c2ccccc2)CC1. The van der Waals surface area contributed by atoms with Gasteiger partial charge in [-0.15, -0.1) is 11.8 Å². The Morgan fingerprint density at radius 1 is 0.875 bits per heavy atom. The average molecular weight is 443 g/mol. The Balaban J connectivity index is 1.23. The van der Waals surface area contributed by atoms with Crippen molar-refractivity contribution in [2.75, 3.05) is 31.1 Å². The van der Waals surface area contributed by atoms with Gasteiger partial charge in [-0.2, -0.15) is 0 Å². The predicted octanol–water partition coefficient (Wildman–Crippen LogP) is 4.68. The van der Waals surface area contributed by atoms with E-state index in [0.29, 0.717) is 6.54 Å². The lowest BCUT2D eigenvalue weighted by molar-refractivity contribution is -0.132. The maximum Gasteiger partial charge on any atom is 0.242 e. The van der Waals surface area contributed by atoms with Crippen molar-refractivity contribution in [3.63, 3.8) is 0 Å². The summed E-state index contributed by atoms with van der Waals surface area (Å²) < 4.78 is 2.05. The summed E-state index contributed by atoms with van der Waals surface area (Å²) in [5.74, 6) is 1.05. The van der Waals surface area contributed by atoms with Gasteiger partial charge in [0.25, 0.3) is 0 Å². The number of aromatic nitrogens is 2. The lowest BCUT2D eigenvalue weighted by atomic mass is 10.2. The molecule has 0 unspecified atom stereocenters. The van der Waals surface area contributed by atoms with Crippen molar-refractivity contribution in [2.24, 2.45) is 0 Å². The van der Waals surface area contributed by atoms with E-state index in [2.05, 4.69) is 69.0 Å². The van der Waals surface area contributed by atoms with Gasteiger partial charge in [-0.1, -0.05) is 48.5 Å². The summed E-state index contributed by atoms with van der Waals surface area (Å²) in [6, 6.07) is 24.9. The molecule has 0 spiro atoms. The third kappa shape index (κ3) is 4.50. The highest BCUT2D eigenvalue weighted by molar-refractivity contribution is 7.98. The smallest absolute Gasteiger partial charge is 0.242 e. The molecule has 0 aliphatic carbocycles. The van der Waals surface area contributed by atoms with Crippen molar-refractivity contribution in [3.8, 4) is 0 Å². The lowest BCUT2D eigenvalue weighted by Gasteiger charge is -2.36. The Kier molecular flexibility index (Phi) is 6.12. The quantitative estimate of drug-likeness (QED) is 0.407. The first-order chi connectivity index (χ1) is 15.8. The first kappa shape index (κ1) is 20.6. The molecule has 1 aliphatic rings. The van der Waals surface area contributed by atoms with Crippen LogP contribution in [0.4, 0.5) is 5.69 Å². The van der Waals surface area contributed by atoms with Crippen molar-refractivity contribution >= 4 is 34.3 Å². The van der Waals surface area contributed by atoms with E-state index in [0.717, 1.165) is 47.9 Å². The van der Waals surface area contributed by atoms with Crippen LogP contribution in [0.15, 0.2) is 90.2 Å². The molecule has 5 rings (SSSR count). The molecule has 4 aromatic rings. The summed E-state index contributed by atoms with van der Waals surface area (Å²) in [4.78, 5) is 21.9. The van der Waals surface area contributed by atoms with Gasteiger partial charge in [-0.3, -0.25) is 4.79 Å². The standard InChI is InChI=1S/C26H26N4OS/c31-25(29-17-15-28(16-18-29)22-9-5-2-6-10-22)19-30-14-12-23-24(30)11-13-27-26(23)32-20-21-7-3-1-4-8-21/h1-14H,15-20H2. The van der Waals surface area contributed by atoms with Gasteiger partial charge in [0.15, 0.2) is 0 Å². The maximum atomic E-state index is 13.0. The van der Waals surface area contributed by atoms with Gasteiger partial charge < -0.3 is 14.4 Å². The molecule has 0 bridgehead atoms. The molecule has 2 aromatic carbocycles. The van der Waals surface area contributed by atoms with E-state index in [1.54, 1.807) is 11.8 Å². The van der Waals surface area contributed by atoms with E-state index in [-0.39, 0.29) is 5.91 Å². The van der Waals surface area contributed by atoms with E-state index in [1.165, 1.54) is 11.3 Å². The molecule has 0 radical (unpaired) electrons. The Labute approximate surface area is 192 Å². The molecule has 5 nitrogen and oxygen atoms in total. The molecule has 2 aromatic heterocycles. The Bertz CT molecular complexity index is 1180. The number of thioether (sulfide) groups is 1. The highest BCUT2D eigenvalue weighted by atomic mass is 32.2. The first-order valence-electron chi connectivity index (χ1n) is 11.0. The van der Waals surface area contributed by atoms with Gasteiger partial charge in [0.2, 0.25) is 5.91 Å².